The van der Waals surface area contributed by atoms with Crippen LogP contribution in [0.3, 0.4) is 0 Å². The maximum Gasteiger partial charge on any atom is 0.308 e. The first-order valence-corrected chi connectivity index (χ1v) is 9.20. The predicted octanol–water partition coefficient (Wildman–Crippen LogP) is 0.389. The topological polar surface area (TPSA) is 124 Å². The molecular weight excluding hydrogens is 366 g/mol. The molecule has 0 radical (unpaired) electrons. The normalized spacial score (nSPS) is 25.0. The summed E-state index contributed by atoms with van der Waals surface area (Å²) in [5, 5.41) is 11.4. The van der Waals surface area contributed by atoms with E-state index in [1.807, 2.05) is 4.90 Å². The number of hydrogen-bond donors (Lipinski definition) is 2. The number of carbonyl (C=O) groups is 5. The van der Waals surface area contributed by atoms with E-state index in [9.17, 15) is 29.1 Å². The Hall–Kier alpha value is -3.23. The van der Waals surface area contributed by atoms with E-state index in [1.165, 1.54) is 0 Å². The van der Waals surface area contributed by atoms with Crippen molar-refractivity contribution in [1.82, 2.24) is 10.2 Å². The number of aliphatic carboxylic acids is 1. The molecule has 146 valence electrons. The summed E-state index contributed by atoms with van der Waals surface area (Å²) in [5.74, 6) is -3.50. The van der Waals surface area contributed by atoms with E-state index in [1.54, 1.807) is 18.2 Å². The number of carbonyl (C=O) groups excluding carboxylic acids is 4. The van der Waals surface area contributed by atoms with Crippen LogP contribution in [0.1, 0.15) is 46.4 Å². The second-order valence-electron chi connectivity index (χ2n) is 7.30. The first kappa shape index (κ1) is 18.1. The third kappa shape index (κ3) is 2.92. The molecule has 0 saturated carbocycles. The van der Waals surface area contributed by atoms with Crippen LogP contribution in [0, 0.1) is 5.92 Å². The fourth-order valence-electron chi connectivity index (χ4n) is 4.07. The minimum Gasteiger partial charge on any atom is -0.481 e. The van der Waals surface area contributed by atoms with Crippen LogP contribution in [0.4, 0.5) is 5.69 Å². The SMILES string of the molecule is O=C1CCC(N2C(=O)c3ccc(N4CCC[C@@H](C(=O)O)C4)cc3C2=O)C(=O)N1. The van der Waals surface area contributed by atoms with Crippen LogP contribution in [0.25, 0.3) is 0 Å². The number of imide groups is 2. The Morgan fingerprint density at radius 3 is 2.54 bits per heavy atom. The van der Waals surface area contributed by atoms with Crippen LogP contribution < -0.4 is 10.2 Å². The Labute approximate surface area is 160 Å². The van der Waals surface area contributed by atoms with Crippen molar-refractivity contribution in [3.8, 4) is 0 Å². The number of amides is 4. The molecule has 3 heterocycles. The van der Waals surface area contributed by atoms with Crippen LogP contribution in [0.5, 0.6) is 0 Å². The Morgan fingerprint density at radius 2 is 1.82 bits per heavy atom. The second-order valence-corrected chi connectivity index (χ2v) is 7.30. The molecule has 3 aliphatic rings. The zero-order chi connectivity index (χ0) is 20.0. The molecule has 1 aromatic rings. The lowest BCUT2D eigenvalue weighted by Crippen LogP contribution is -2.54. The Morgan fingerprint density at radius 1 is 1.07 bits per heavy atom. The number of nitrogens with one attached hydrogen (secondary N) is 1. The van der Waals surface area contributed by atoms with E-state index >= 15 is 0 Å². The summed E-state index contributed by atoms with van der Waals surface area (Å²) in [6.07, 6.45) is 1.51. The van der Waals surface area contributed by atoms with Crippen molar-refractivity contribution in [1.29, 1.82) is 0 Å². The van der Waals surface area contributed by atoms with Gasteiger partial charge in [-0.1, -0.05) is 0 Å². The largest absolute Gasteiger partial charge is 0.481 e. The summed E-state index contributed by atoms with van der Waals surface area (Å²) in [7, 11) is 0. The van der Waals surface area contributed by atoms with Gasteiger partial charge in [-0.05, 0) is 37.5 Å². The number of carboxylic acids is 1. The van der Waals surface area contributed by atoms with Gasteiger partial charge in [-0.25, -0.2) is 0 Å². The molecule has 2 saturated heterocycles. The van der Waals surface area contributed by atoms with Crippen LogP contribution in [-0.2, 0) is 14.4 Å². The highest BCUT2D eigenvalue weighted by Crippen LogP contribution is 2.32. The fraction of sp³-hybridized carbons (Fsp3) is 0.421. The first-order chi connectivity index (χ1) is 13.4. The lowest BCUT2D eigenvalue weighted by atomic mass is 9.97. The fourth-order valence-corrected chi connectivity index (χ4v) is 4.07. The van der Waals surface area contributed by atoms with Crippen molar-refractivity contribution >= 4 is 35.3 Å². The zero-order valence-corrected chi connectivity index (χ0v) is 15.0. The average Bonchev–Trinajstić information content (AvgIpc) is 2.92. The summed E-state index contributed by atoms with van der Waals surface area (Å²) in [6, 6.07) is 3.83. The van der Waals surface area contributed by atoms with Crippen molar-refractivity contribution in [2.75, 3.05) is 18.0 Å². The number of piperidine rings is 2. The summed E-state index contributed by atoms with van der Waals surface area (Å²) in [4.78, 5) is 63.1. The molecule has 1 unspecified atom stereocenters. The highest BCUT2D eigenvalue weighted by Gasteiger charge is 2.44. The monoisotopic (exact) mass is 385 g/mol. The van der Waals surface area contributed by atoms with E-state index in [0.717, 1.165) is 11.3 Å². The zero-order valence-electron chi connectivity index (χ0n) is 15.0. The molecule has 4 rings (SSSR count). The third-order valence-corrected chi connectivity index (χ3v) is 5.56. The molecule has 0 bridgehead atoms. The molecule has 9 nitrogen and oxygen atoms in total. The van der Waals surface area contributed by atoms with E-state index < -0.39 is 41.6 Å². The number of hydrogen-bond acceptors (Lipinski definition) is 6. The summed E-state index contributed by atoms with van der Waals surface area (Å²) < 4.78 is 0. The van der Waals surface area contributed by atoms with Crippen LogP contribution in [0.2, 0.25) is 0 Å². The lowest BCUT2D eigenvalue weighted by Gasteiger charge is -2.32. The van der Waals surface area contributed by atoms with Gasteiger partial charge in [0, 0.05) is 25.2 Å². The minimum atomic E-state index is -1.00. The second kappa shape index (κ2) is 6.74. The van der Waals surface area contributed by atoms with Gasteiger partial charge < -0.3 is 10.0 Å². The van der Waals surface area contributed by atoms with Gasteiger partial charge in [0.25, 0.3) is 11.8 Å². The molecular formula is C19H19N3O6. The number of carboxylic acid groups (broad SMARTS) is 1. The number of nitrogens with zero attached hydrogens (tertiary/aromatic N) is 2. The molecule has 9 heteroatoms. The first-order valence-electron chi connectivity index (χ1n) is 9.20. The van der Waals surface area contributed by atoms with E-state index in [-0.39, 0.29) is 24.0 Å². The number of benzene rings is 1. The number of anilines is 1. The van der Waals surface area contributed by atoms with Crippen LogP contribution in [-0.4, -0.2) is 58.7 Å². The highest BCUT2D eigenvalue weighted by molar-refractivity contribution is 6.23. The van der Waals surface area contributed by atoms with Gasteiger partial charge in [0.15, 0.2) is 0 Å². The average molecular weight is 385 g/mol. The summed E-state index contributed by atoms with van der Waals surface area (Å²) >= 11 is 0. The lowest BCUT2D eigenvalue weighted by molar-refractivity contribution is -0.142. The van der Waals surface area contributed by atoms with Crippen molar-refractivity contribution in [3.63, 3.8) is 0 Å². The molecule has 0 aliphatic carbocycles. The summed E-state index contributed by atoms with van der Waals surface area (Å²) in [5.41, 5.74) is 1.09. The van der Waals surface area contributed by atoms with E-state index in [4.69, 9.17) is 0 Å². The highest BCUT2D eigenvalue weighted by atomic mass is 16.4. The van der Waals surface area contributed by atoms with Crippen LogP contribution >= 0.6 is 0 Å². The number of fused-ring (bicyclic) bond motifs is 1. The van der Waals surface area contributed by atoms with Crippen LogP contribution in [0.15, 0.2) is 18.2 Å². The van der Waals surface area contributed by atoms with Gasteiger partial charge in [-0.15, -0.1) is 0 Å². The number of rotatable bonds is 3. The van der Waals surface area contributed by atoms with Gasteiger partial charge in [0.1, 0.15) is 6.04 Å². The van der Waals surface area contributed by atoms with Crippen molar-refractivity contribution in [2.45, 2.75) is 31.7 Å². The molecule has 0 spiro atoms. The molecule has 3 aliphatic heterocycles. The van der Waals surface area contributed by atoms with Gasteiger partial charge >= 0.3 is 5.97 Å². The Bertz CT molecular complexity index is 911. The van der Waals surface area contributed by atoms with Crippen molar-refractivity contribution < 1.29 is 29.1 Å². The summed E-state index contributed by atoms with van der Waals surface area (Å²) in [6.45, 7) is 1.01. The van der Waals surface area contributed by atoms with Gasteiger partial charge in [0.2, 0.25) is 11.8 Å². The predicted molar refractivity (Wildman–Crippen MR) is 95.7 cm³/mol. The minimum absolute atomic E-state index is 0.0689. The molecule has 0 aromatic heterocycles. The Kier molecular flexibility index (Phi) is 4.37. The van der Waals surface area contributed by atoms with Crippen molar-refractivity contribution in [3.05, 3.63) is 29.3 Å². The maximum atomic E-state index is 12.9. The van der Waals surface area contributed by atoms with E-state index in [0.29, 0.717) is 25.2 Å². The van der Waals surface area contributed by atoms with E-state index in [2.05, 4.69) is 5.32 Å². The molecule has 2 N–H and O–H groups in total. The molecule has 2 fully saturated rings. The molecule has 4 amide bonds. The van der Waals surface area contributed by atoms with Gasteiger partial charge in [-0.2, -0.15) is 0 Å². The van der Waals surface area contributed by atoms with Crippen molar-refractivity contribution in [2.24, 2.45) is 5.92 Å². The standard InChI is InChI=1S/C19H19N3O6/c23-15-6-5-14(16(24)20-15)22-17(25)12-4-3-11(8-13(12)18(22)26)21-7-1-2-10(9-21)19(27)28/h3-4,8,10,14H,1-2,5-7,9H2,(H,27,28)(H,20,23,24)/t10-,14?/m1/s1. The quantitative estimate of drug-likeness (QED) is 0.721. The molecule has 2 atom stereocenters. The molecule has 1 aromatic carbocycles. The maximum absolute atomic E-state index is 12.9. The Balaban J connectivity index is 1.60. The third-order valence-electron chi connectivity index (χ3n) is 5.56. The van der Waals surface area contributed by atoms with Gasteiger partial charge in [0.05, 0.1) is 17.0 Å². The van der Waals surface area contributed by atoms with Gasteiger partial charge in [-0.3, -0.25) is 34.2 Å². The molecule has 28 heavy (non-hydrogen) atoms. The smallest absolute Gasteiger partial charge is 0.308 e.